The zero-order chi connectivity index (χ0) is 21.5. The molecule has 4 aromatic rings. The topological polar surface area (TPSA) is 84.7 Å². The van der Waals surface area contributed by atoms with Crippen LogP contribution >= 0.6 is 0 Å². The molecule has 4 rings (SSSR count). The van der Waals surface area contributed by atoms with Gasteiger partial charge >= 0.3 is 6.03 Å². The maximum Gasteiger partial charge on any atom is 0.319 e. The van der Waals surface area contributed by atoms with Crippen LogP contribution in [0, 0.1) is 6.92 Å². The van der Waals surface area contributed by atoms with Crippen LogP contribution in [0.15, 0.2) is 84.9 Å². The summed E-state index contributed by atoms with van der Waals surface area (Å²) in [5.74, 6) is 0.892. The van der Waals surface area contributed by atoms with Crippen LogP contribution in [0.1, 0.15) is 29.3 Å². The van der Waals surface area contributed by atoms with Crippen molar-refractivity contribution in [2.45, 2.75) is 19.3 Å². The minimum absolute atomic E-state index is 0.216. The van der Waals surface area contributed by atoms with E-state index >= 15 is 0 Å². The molecule has 3 aromatic carbocycles. The van der Waals surface area contributed by atoms with E-state index in [0.29, 0.717) is 18.1 Å². The first-order chi connectivity index (χ1) is 15.2. The Morgan fingerprint density at radius 3 is 2.23 bits per heavy atom. The lowest BCUT2D eigenvalue weighted by Crippen LogP contribution is -2.30. The predicted octanol–water partition coefficient (Wildman–Crippen LogP) is 4.31. The number of nitrogens with zero attached hydrogens (tertiary/aromatic N) is 4. The molecule has 0 saturated carbocycles. The van der Waals surface area contributed by atoms with Crippen molar-refractivity contribution in [3.63, 3.8) is 0 Å². The molecular weight excluding hydrogens is 388 g/mol. The van der Waals surface area contributed by atoms with Gasteiger partial charge in [0.05, 0.1) is 5.69 Å². The van der Waals surface area contributed by atoms with Gasteiger partial charge in [-0.1, -0.05) is 66.7 Å². The van der Waals surface area contributed by atoms with Gasteiger partial charge in [-0.05, 0) is 53.1 Å². The molecule has 1 heterocycles. The molecule has 0 atom stereocenters. The highest BCUT2D eigenvalue weighted by molar-refractivity contribution is 5.89. The number of carbonyl (C=O) groups is 1. The second kappa shape index (κ2) is 9.67. The molecule has 7 nitrogen and oxygen atoms in total. The number of rotatable bonds is 7. The number of aryl methyl sites for hydroxylation is 1. The van der Waals surface area contributed by atoms with Gasteiger partial charge in [0.25, 0.3) is 0 Å². The van der Waals surface area contributed by atoms with Crippen molar-refractivity contribution in [2.24, 2.45) is 0 Å². The van der Waals surface area contributed by atoms with Crippen molar-refractivity contribution in [3.05, 3.63) is 102 Å². The second-order valence-electron chi connectivity index (χ2n) is 7.23. The Morgan fingerprint density at radius 2 is 1.61 bits per heavy atom. The van der Waals surface area contributed by atoms with E-state index in [-0.39, 0.29) is 11.9 Å². The minimum Gasteiger partial charge on any atom is -0.338 e. The van der Waals surface area contributed by atoms with Gasteiger partial charge in [0, 0.05) is 18.2 Å². The maximum absolute atomic E-state index is 12.5. The number of benzene rings is 3. The lowest BCUT2D eigenvalue weighted by Gasteiger charge is -2.18. The molecule has 0 unspecified atom stereocenters. The highest BCUT2D eigenvalue weighted by Gasteiger charge is 2.14. The lowest BCUT2D eigenvalue weighted by atomic mass is 9.88. The predicted molar refractivity (Wildman–Crippen MR) is 120 cm³/mol. The molecule has 0 saturated heterocycles. The van der Waals surface area contributed by atoms with E-state index in [1.54, 1.807) is 4.68 Å². The summed E-state index contributed by atoms with van der Waals surface area (Å²) < 4.78 is 1.62. The van der Waals surface area contributed by atoms with Crippen LogP contribution in [0.25, 0.3) is 5.69 Å². The first kappa shape index (κ1) is 20.3. The number of anilines is 1. The highest BCUT2D eigenvalue weighted by atomic mass is 16.2. The second-order valence-corrected chi connectivity index (χ2v) is 7.23. The SMILES string of the molecule is Cc1nnnn1-c1cccc(NC(=O)NCCC(c2ccccc2)c2ccccc2)c1. The summed E-state index contributed by atoms with van der Waals surface area (Å²) in [6.07, 6.45) is 0.797. The third kappa shape index (κ3) is 5.14. The summed E-state index contributed by atoms with van der Waals surface area (Å²) >= 11 is 0. The number of hydrogen-bond acceptors (Lipinski definition) is 4. The maximum atomic E-state index is 12.5. The number of nitrogens with one attached hydrogen (secondary N) is 2. The summed E-state index contributed by atoms with van der Waals surface area (Å²) in [7, 11) is 0. The number of aromatic nitrogens is 4. The van der Waals surface area contributed by atoms with Gasteiger partial charge in [0.1, 0.15) is 0 Å². The standard InChI is InChI=1S/C24H24N6O/c1-18-27-28-29-30(18)22-14-8-13-21(17-22)26-24(31)25-16-15-23(19-9-4-2-5-10-19)20-11-6-3-7-12-20/h2-14,17,23H,15-16H2,1H3,(H2,25,26,31). The van der Waals surface area contributed by atoms with E-state index in [2.05, 4.69) is 50.4 Å². The van der Waals surface area contributed by atoms with E-state index in [1.165, 1.54) is 11.1 Å². The molecule has 1 aromatic heterocycles. The number of tetrazole rings is 1. The average Bonchev–Trinajstić information content (AvgIpc) is 3.24. The third-order valence-electron chi connectivity index (χ3n) is 5.10. The smallest absolute Gasteiger partial charge is 0.319 e. The van der Waals surface area contributed by atoms with E-state index in [1.807, 2.05) is 67.6 Å². The summed E-state index contributed by atoms with van der Waals surface area (Å²) in [6, 6.07) is 27.9. The van der Waals surface area contributed by atoms with Crippen LogP contribution in [-0.2, 0) is 0 Å². The Hall–Kier alpha value is -4.00. The molecule has 31 heavy (non-hydrogen) atoms. The Morgan fingerprint density at radius 1 is 0.935 bits per heavy atom. The van der Waals surface area contributed by atoms with Gasteiger partial charge in [-0.15, -0.1) is 5.10 Å². The van der Waals surface area contributed by atoms with Crippen molar-refractivity contribution in [1.29, 1.82) is 0 Å². The largest absolute Gasteiger partial charge is 0.338 e. The Balaban J connectivity index is 1.38. The molecule has 0 fully saturated rings. The zero-order valence-electron chi connectivity index (χ0n) is 17.3. The third-order valence-corrected chi connectivity index (χ3v) is 5.10. The normalized spacial score (nSPS) is 10.8. The molecule has 0 aliphatic heterocycles. The van der Waals surface area contributed by atoms with Crippen molar-refractivity contribution in [2.75, 3.05) is 11.9 Å². The van der Waals surface area contributed by atoms with Crippen LogP contribution < -0.4 is 10.6 Å². The number of amides is 2. The molecule has 0 aliphatic carbocycles. The van der Waals surface area contributed by atoms with Crippen molar-refractivity contribution in [1.82, 2.24) is 25.5 Å². The van der Waals surface area contributed by atoms with Gasteiger partial charge in [0.2, 0.25) is 0 Å². The van der Waals surface area contributed by atoms with Crippen LogP contribution in [0.5, 0.6) is 0 Å². The van der Waals surface area contributed by atoms with Gasteiger partial charge in [-0.3, -0.25) is 0 Å². The quantitative estimate of drug-likeness (QED) is 0.474. The average molecular weight is 412 g/mol. The fourth-order valence-electron chi connectivity index (χ4n) is 3.59. The lowest BCUT2D eigenvalue weighted by molar-refractivity contribution is 0.252. The fourth-order valence-corrected chi connectivity index (χ4v) is 3.59. The Bertz CT molecular complexity index is 1090. The van der Waals surface area contributed by atoms with Crippen LogP contribution in [0.3, 0.4) is 0 Å². The zero-order valence-corrected chi connectivity index (χ0v) is 17.3. The number of urea groups is 1. The minimum atomic E-state index is -0.245. The van der Waals surface area contributed by atoms with Gasteiger partial charge in [0.15, 0.2) is 5.82 Å². The molecule has 0 aliphatic rings. The molecular formula is C24H24N6O. The van der Waals surface area contributed by atoms with Crippen molar-refractivity contribution in [3.8, 4) is 5.69 Å². The molecule has 7 heteroatoms. The first-order valence-corrected chi connectivity index (χ1v) is 10.2. The first-order valence-electron chi connectivity index (χ1n) is 10.2. The van der Waals surface area contributed by atoms with E-state index < -0.39 is 0 Å². The number of carbonyl (C=O) groups excluding carboxylic acids is 1. The molecule has 0 spiro atoms. The molecule has 2 N–H and O–H groups in total. The van der Waals surface area contributed by atoms with Crippen LogP contribution in [0.4, 0.5) is 10.5 Å². The van der Waals surface area contributed by atoms with Crippen LogP contribution in [0.2, 0.25) is 0 Å². The van der Waals surface area contributed by atoms with Gasteiger partial charge in [-0.25, -0.2) is 4.79 Å². The summed E-state index contributed by atoms with van der Waals surface area (Å²) in [6.45, 7) is 2.37. The molecule has 0 bridgehead atoms. The molecule has 2 amide bonds. The monoisotopic (exact) mass is 412 g/mol. The fraction of sp³-hybridized carbons (Fsp3) is 0.167. The highest BCUT2D eigenvalue weighted by Crippen LogP contribution is 2.27. The van der Waals surface area contributed by atoms with Crippen molar-refractivity contribution < 1.29 is 4.79 Å². The Kier molecular flexibility index (Phi) is 6.32. The van der Waals surface area contributed by atoms with Crippen molar-refractivity contribution >= 4 is 11.7 Å². The van der Waals surface area contributed by atoms with E-state index in [9.17, 15) is 4.79 Å². The summed E-state index contributed by atoms with van der Waals surface area (Å²) in [5, 5.41) is 17.4. The van der Waals surface area contributed by atoms with Crippen LogP contribution in [-0.4, -0.2) is 32.8 Å². The van der Waals surface area contributed by atoms with E-state index in [4.69, 9.17) is 0 Å². The van der Waals surface area contributed by atoms with Gasteiger partial charge in [-0.2, -0.15) is 4.68 Å². The number of hydrogen-bond donors (Lipinski definition) is 2. The summed E-state index contributed by atoms with van der Waals surface area (Å²) in [4.78, 5) is 12.5. The Labute approximate surface area is 181 Å². The molecule has 0 radical (unpaired) electrons. The van der Waals surface area contributed by atoms with Gasteiger partial charge < -0.3 is 10.6 Å². The van der Waals surface area contributed by atoms with E-state index in [0.717, 1.165) is 12.1 Å². The summed E-state index contributed by atoms with van der Waals surface area (Å²) in [5.41, 5.74) is 3.93. The molecule has 156 valence electrons.